The Morgan fingerprint density at radius 1 is 1.25 bits per heavy atom. The predicted molar refractivity (Wildman–Crippen MR) is 128 cm³/mol. The second-order valence-electron chi connectivity index (χ2n) is 7.24. The summed E-state index contributed by atoms with van der Waals surface area (Å²) < 4.78 is 36.1. The Hall–Kier alpha value is -3.49. The molecule has 0 saturated carbocycles. The highest BCUT2D eigenvalue weighted by molar-refractivity contribution is 7.18. The molecule has 36 heavy (non-hydrogen) atoms. The molecule has 1 aromatic carbocycles. The highest BCUT2D eigenvalue weighted by Crippen LogP contribution is 2.33. The monoisotopic (exact) mass is 545 g/mol. The fourth-order valence-electron chi connectivity index (χ4n) is 3.17. The minimum Gasteiger partial charge on any atom is -0.433 e. The molecule has 0 unspecified atom stereocenters. The van der Waals surface area contributed by atoms with E-state index in [2.05, 4.69) is 26.0 Å². The van der Waals surface area contributed by atoms with E-state index >= 15 is 0 Å². The Morgan fingerprint density at radius 3 is 2.67 bits per heavy atom. The third-order valence-corrected chi connectivity index (χ3v) is 6.06. The molecule has 15 heteroatoms. The van der Waals surface area contributed by atoms with Crippen LogP contribution < -0.4 is 30.9 Å². The maximum absolute atomic E-state index is 13.0. The predicted octanol–water partition coefficient (Wildman–Crippen LogP) is 2.03. The molecule has 5 amide bonds. The van der Waals surface area contributed by atoms with Crippen LogP contribution in [0.4, 0.5) is 25.0 Å². The number of amides is 5. The van der Waals surface area contributed by atoms with Gasteiger partial charge in [0.2, 0.25) is 5.91 Å². The van der Waals surface area contributed by atoms with Crippen LogP contribution >= 0.6 is 22.9 Å². The van der Waals surface area contributed by atoms with Gasteiger partial charge in [-0.15, -0.1) is 11.3 Å². The van der Waals surface area contributed by atoms with Crippen molar-refractivity contribution in [2.24, 2.45) is 0 Å². The van der Waals surface area contributed by atoms with Gasteiger partial charge in [0.25, 0.3) is 11.8 Å². The zero-order chi connectivity index (χ0) is 26.2. The molecule has 0 spiro atoms. The summed E-state index contributed by atoms with van der Waals surface area (Å²) in [6, 6.07) is 5.00. The topological polar surface area (TPSA) is 138 Å². The average Bonchev–Trinajstić information content (AvgIpc) is 3.28. The van der Waals surface area contributed by atoms with E-state index in [9.17, 15) is 28.0 Å². The van der Waals surface area contributed by atoms with Crippen molar-refractivity contribution >= 4 is 58.1 Å². The maximum Gasteiger partial charge on any atom is 0.387 e. The van der Waals surface area contributed by atoms with E-state index in [0.29, 0.717) is 9.21 Å². The SMILES string of the molecule is CNC(=O)N[C@@H](CNC(=O)c1ccc(Cl)s1)C(=O)Nc1ccc(N2CCOCC2=O)c(OC(F)F)c1. The Labute approximate surface area is 213 Å². The van der Waals surface area contributed by atoms with Gasteiger partial charge in [0.15, 0.2) is 5.75 Å². The number of anilines is 2. The van der Waals surface area contributed by atoms with Crippen LogP contribution in [0.1, 0.15) is 9.67 Å². The number of carbonyl (C=O) groups excluding carboxylic acids is 4. The van der Waals surface area contributed by atoms with Crippen LogP contribution in [0.25, 0.3) is 0 Å². The molecule has 194 valence electrons. The Kier molecular flexibility index (Phi) is 9.38. The van der Waals surface area contributed by atoms with Crippen LogP contribution in [0, 0.1) is 0 Å². The third-order valence-electron chi connectivity index (χ3n) is 4.83. The van der Waals surface area contributed by atoms with Gasteiger partial charge >= 0.3 is 12.6 Å². The summed E-state index contributed by atoms with van der Waals surface area (Å²) in [7, 11) is 1.34. The molecular weight excluding hydrogens is 524 g/mol. The van der Waals surface area contributed by atoms with Crippen LogP contribution in [0.3, 0.4) is 0 Å². The summed E-state index contributed by atoms with van der Waals surface area (Å²) in [5, 5.41) is 9.73. The molecule has 11 nitrogen and oxygen atoms in total. The number of alkyl halides is 2. The molecule has 0 radical (unpaired) electrons. The number of carbonyl (C=O) groups is 4. The normalized spacial score (nSPS) is 14.2. The van der Waals surface area contributed by atoms with E-state index in [1.807, 2.05) is 0 Å². The first-order chi connectivity index (χ1) is 17.2. The quantitative estimate of drug-likeness (QED) is 0.380. The van der Waals surface area contributed by atoms with E-state index in [0.717, 1.165) is 17.4 Å². The van der Waals surface area contributed by atoms with E-state index in [1.165, 1.54) is 30.1 Å². The van der Waals surface area contributed by atoms with Gasteiger partial charge in [0, 0.05) is 31.9 Å². The molecule has 1 aliphatic heterocycles. The number of nitrogens with one attached hydrogen (secondary N) is 4. The van der Waals surface area contributed by atoms with Crippen LogP contribution in [-0.4, -0.2) is 69.8 Å². The van der Waals surface area contributed by atoms with Crippen molar-refractivity contribution in [1.29, 1.82) is 0 Å². The van der Waals surface area contributed by atoms with Crippen molar-refractivity contribution in [1.82, 2.24) is 16.0 Å². The average molecular weight is 546 g/mol. The van der Waals surface area contributed by atoms with E-state index in [-0.39, 0.29) is 43.4 Å². The van der Waals surface area contributed by atoms with Crippen molar-refractivity contribution in [3.63, 3.8) is 0 Å². The zero-order valence-electron chi connectivity index (χ0n) is 18.8. The minimum absolute atomic E-state index is 0.0557. The smallest absolute Gasteiger partial charge is 0.387 e. The fraction of sp³-hybridized carbons (Fsp3) is 0.333. The van der Waals surface area contributed by atoms with Gasteiger partial charge in [0.1, 0.15) is 12.6 Å². The van der Waals surface area contributed by atoms with Gasteiger partial charge < -0.3 is 35.6 Å². The summed E-state index contributed by atoms with van der Waals surface area (Å²) in [6.07, 6.45) is 0. The van der Waals surface area contributed by atoms with Gasteiger partial charge in [-0.3, -0.25) is 14.4 Å². The summed E-state index contributed by atoms with van der Waals surface area (Å²) in [4.78, 5) is 50.7. The zero-order valence-corrected chi connectivity index (χ0v) is 20.4. The molecule has 4 N–H and O–H groups in total. The Morgan fingerprint density at radius 2 is 2.03 bits per heavy atom. The minimum atomic E-state index is -3.19. The highest BCUT2D eigenvalue weighted by atomic mass is 35.5. The van der Waals surface area contributed by atoms with Gasteiger partial charge in [-0.1, -0.05) is 11.6 Å². The first kappa shape index (κ1) is 27.1. The lowest BCUT2D eigenvalue weighted by Gasteiger charge is -2.28. The fourth-order valence-corrected chi connectivity index (χ4v) is 4.12. The molecule has 1 aromatic heterocycles. The summed E-state index contributed by atoms with van der Waals surface area (Å²) in [6.45, 7) is -3.32. The Balaban J connectivity index is 1.76. The molecule has 1 saturated heterocycles. The number of ether oxygens (including phenoxy) is 2. The number of halogens is 3. The number of morpholine rings is 1. The van der Waals surface area contributed by atoms with Crippen LogP contribution in [0.15, 0.2) is 30.3 Å². The molecule has 2 heterocycles. The summed E-state index contributed by atoms with van der Waals surface area (Å²) in [5.41, 5.74) is 0.142. The van der Waals surface area contributed by atoms with E-state index in [4.69, 9.17) is 16.3 Å². The van der Waals surface area contributed by atoms with Crippen molar-refractivity contribution in [2.45, 2.75) is 12.7 Å². The van der Waals surface area contributed by atoms with Crippen molar-refractivity contribution in [3.8, 4) is 5.75 Å². The molecule has 1 atom stereocenters. The first-order valence-corrected chi connectivity index (χ1v) is 11.7. The van der Waals surface area contributed by atoms with Gasteiger partial charge in [0.05, 0.1) is 21.5 Å². The second-order valence-corrected chi connectivity index (χ2v) is 8.95. The summed E-state index contributed by atoms with van der Waals surface area (Å²) >= 11 is 6.87. The van der Waals surface area contributed by atoms with Gasteiger partial charge in [-0.2, -0.15) is 8.78 Å². The first-order valence-electron chi connectivity index (χ1n) is 10.5. The van der Waals surface area contributed by atoms with E-state index in [1.54, 1.807) is 6.07 Å². The Bertz CT molecular complexity index is 1130. The van der Waals surface area contributed by atoms with Crippen LogP contribution in [-0.2, 0) is 14.3 Å². The van der Waals surface area contributed by atoms with Crippen molar-refractivity contribution in [3.05, 3.63) is 39.5 Å². The van der Waals surface area contributed by atoms with Crippen LogP contribution in [0.2, 0.25) is 4.34 Å². The lowest BCUT2D eigenvalue weighted by Crippen LogP contribution is -2.52. The maximum atomic E-state index is 13.0. The molecule has 1 aliphatic rings. The molecule has 1 fully saturated rings. The molecule has 3 rings (SSSR count). The summed E-state index contributed by atoms with van der Waals surface area (Å²) in [5.74, 6) is -2.02. The van der Waals surface area contributed by atoms with Gasteiger partial charge in [-0.05, 0) is 24.3 Å². The lowest BCUT2D eigenvalue weighted by atomic mass is 10.2. The lowest BCUT2D eigenvalue weighted by molar-refractivity contribution is -0.125. The van der Waals surface area contributed by atoms with Crippen molar-refractivity contribution < 1.29 is 37.4 Å². The molecule has 0 aliphatic carbocycles. The standard InChI is InChI=1S/C21H22ClF2N5O6S/c1-25-21(33)28-12(9-26-19(32)15-4-5-16(22)36-15)18(31)27-11-2-3-13(14(8-11)35-20(23)24)29-6-7-34-10-17(29)30/h2-5,8,12,20H,6-7,9-10H2,1H3,(H,26,32)(H,27,31)(H2,25,28,33)/t12-/m0/s1. The number of thiophene rings is 1. The van der Waals surface area contributed by atoms with E-state index < -0.39 is 36.4 Å². The second kappa shape index (κ2) is 12.5. The molecule has 2 aromatic rings. The third kappa shape index (κ3) is 7.26. The largest absolute Gasteiger partial charge is 0.433 e. The van der Waals surface area contributed by atoms with Gasteiger partial charge in [-0.25, -0.2) is 4.79 Å². The van der Waals surface area contributed by atoms with Crippen LogP contribution in [0.5, 0.6) is 5.75 Å². The number of urea groups is 1. The number of nitrogens with zero attached hydrogens (tertiary/aromatic N) is 1. The molecular formula is C21H22ClF2N5O6S. The number of benzene rings is 1. The molecule has 0 bridgehead atoms. The number of rotatable bonds is 9. The number of hydrogen-bond donors (Lipinski definition) is 4. The number of hydrogen-bond acceptors (Lipinski definition) is 7. The highest BCUT2D eigenvalue weighted by Gasteiger charge is 2.26. The van der Waals surface area contributed by atoms with Crippen molar-refractivity contribution in [2.75, 3.05) is 43.6 Å².